The Kier molecular flexibility index (Phi) is 7.36. The van der Waals surface area contributed by atoms with Gasteiger partial charge in [0.2, 0.25) is 0 Å². The van der Waals surface area contributed by atoms with E-state index in [1.807, 2.05) is 0 Å². The van der Waals surface area contributed by atoms with Crippen molar-refractivity contribution >= 4 is 17.8 Å². The van der Waals surface area contributed by atoms with E-state index < -0.39 is 6.16 Å². The maximum atomic E-state index is 10.4. The van der Waals surface area contributed by atoms with Crippen LogP contribution in [0.1, 0.15) is 19.3 Å². The summed E-state index contributed by atoms with van der Waals surface area (Å²) in [5.74, 6) is 0.665. The van der Waals surface area contributed by atoms with Crippen molar-refractivity contribution in [2.45, 2.75) is 19.3 Å². The van der Waals surface area contributed by atoms with Crippen molar-refractivity contribution in [3.63, 3.8) is 0 Å². The number of ether oxygens (including phenoxy) is 2. The number of halogens is 1. The number of unbranched alkanes of at least 4 members (excludes halogenated alkanes) is 2. The molecule has 0 saturated heterocycles. The average molecular weight is 181 g/mol. The zero-order chi connectivity index (χ0) is 8.53. The summed E-state index contributed by atoms with van der Waals surface area (Å²) in [7, 11) is 1.29. The van der Waals surface area contributed by atoms with Crippen molar-refractivity contribution in [2.24, 2.45) is 0 Å². The summed E-state index contributed by atoms with van der Waals surface area (Å²) < 4.78 is 8.90. The number of hydrogen-bond donors (Lipinski definition) is 0. The lowest BCUT2D eigenvalue weighted by Gasteiger charge is -2.01. The van der Waals surface area contributed by atoms with Gasteiger partial charge in [-0.05, 0) is 19.3 Å². The highest BCUT2D eigenvalue weighted by atomic mass is 35.5. The summed E-state index contributed by atoms with van der Waals surface area (Å²) in [6, 6.07) is 0. The van der Waals surface area contributed by atoms with Gasteiger partial charge in [0.15, 0.2) is 0 Å². The lowest BCUT2D eigenvalue weighted by Crippen LogP contribution is -2.05. The maximum absolute atomic E-state index is 10.4. The molecule has 66 valence electrons. The van der Waals surface area contributed by atoms with Crippen molar-refractivity contribution in [3.05, 3.63) is 0 Å². The molecule has 0 radical (unpaired) electrons. The van der Waals surface area contributed by atoms with Gasteiger partial charge in [0, 0.05) is 5.88 Å². The van der Waals surface area contributed by atoms with E-state index in [4.69, 9.17) is 11.6 Å². The van der Waals surface area contributed by atoms with E-state index in [0.29, 0.717) is 12.5 Å². The van der Waals surface area contributed by atoms with Crippen LogP contribution in [0.2, 0.25) is 0 Å². The largest absolute Gasteiger partial charge is 0.507 e. The first-order valence-corrected chi connectivity index (χ1v) is 4.11. The molecule has 0 atom stereocenters. The van der Waals surface area contributed by atoms with Gasteiger partial charge in [0.05, 0.1) is 13.7 Å². The number of alkyl halides is 1. The summed E-state index contributed by atoms with van der Waals surface area (Å²) in [6.45, 7) is 0.420. The Morgan fingerprint density at radius 1 is 1.36 bits per heavy atom. The predicted octanol–water partition coefficient (Wildman–Crippen LogP) is 2.18. The van der Waals surface area contributed by atoms with Crippen molar-refractivity contribution in [3.8, 4) is 0 Å². The molecule has 0 heterocycles. The fourth-order valence-electron chi connectivity index (χ4n) is 0.588. The van der Waals surface area contributed by atoms with Crippen LogP contribution in [-0.2, 0) is 9.47 Å². The van der Waals surface area contributed by atoms with Crippen LogP contribution in [0.15, 0.2) is 0 Å². The molecule has 0 saturated carbocycles. The van der Waals surface area contributed by atoms with E-state index >= 15 is 0 Å². The predicted molar refractivity (Wildman–Crippen MR) is 42.9 cm³/mol. The Labute approximate surface area is 71.6 Å². The lowest BCUT2D eigenvalue weighted by atomic mass is 10.3. The van der Waals surface area contributed by atoms with E-state index in [-0.39, 0.29) is 0 Å². The van der Waals surface area contributed by atoms with Crippen LogP contribution < -0.4 is 0 Å². The standard InChI is InChI=1S/C7H13ClO3/c1-10-7(9)11-6-4-2-3-5-8/h2-6H2,1H3. The van der Waals surface area contributed by atoms with Crippen LogP contribution in [-0.4, -0.2) is 25.8 Å². The third-order valence-electron chi connectivity index (χ3n) is 1.16. The van der Waals surface area contributed by atoms with Gasteiger partial charge in [-0.3, -0.25) is 0 Å². The Balaban J connectivity index is 2.95. The third-order valence-corrected chi connectivity index (χ3v) is 1.43. The number of carbonyl (C=O) groups is 1. The monoisotopic (exact) mass is 180 g/mol. The summed E-state index contributed by atoms with van der Waals surface area (Å²) in [5, 5.41) is 0. The smallest absolute Gasteiger partial charge is 0.438 e. The average Bonchev–Trinajstić information content (AvgIpc) is 2.04. The molecule has 0 N–H and O–H groups in total. The Hall–Kier alpha value is -0.440. The first-order valence-electron chi connectivity index (χ1n) is 3.58. The highest BCUT2D eigenvalue weighted by Crippen LogP contribution is 1.97. The molecule has 0 aromatic carbocycles. The molecule has 0 aliphatic rings. The molecular formula is C7H13ClO3. The van der Waals surface area contributed by atoms with E-state index in [1.54, 1.807) is 0 Å². The summed E-state index contributed by atoms with van der Waals surface area (Å²) in [4.78, 5) is 10.4. The Morgan fingerprint density at radius 3 is 2.64 bits per heavy atom. The second-order valence-electron chi connectivity index (χ2n) is 2.05. The van der Waals surface area contributed by atoms with E-state index in [2.05, 4.69) is 9.47 Å². The number of methoxy groups -OCH3 is 1. The topological polar surface area (TPSA) is 35.5 Å². The molecule has 0 aromatic heterocycles. The minimum absolute atomic E-state index is 0.420. The first-order chi connectivity index (χ1) is 5.31. The van der Waals surface area contributed by atoms with Crippen LogP contribution in [0.3, 0.4) is 0 Å². The number of hydrogen-bond acceptors (Lipinski definition) is 3. The molecule has 11 heavy (non-hydrogen) atoms. The molecule has 0 bridgehead atoms. The first kappa shape index (κ1) is 10.6. The maximum Gasteiger partial charge on any atom is 0.507 e. The van der Waals surface area contributed by atoms with E-state index in [1.165, 1.54) is 7.11 Å². The molecule has 0 unspecified atom stereocenters. The second kappa shape index (κ2) is 7.66. The molecule has 0 fully saturated rings. The summed E-state index contributed by atoms with van der Waals surface area (Å²) >= 11 is 5.44. The molecule has 0 rings (SSSR count). The van der Waals surface area contributed by atoms with E-state index in [9.17, 15) is 4.79 Å². The van der Waals surface area contributed by atoms with Crippen LogP contribution in [0, 0.1) is 0 Å². The third kappa shape index (κ3) is 7.46. The molecule has 0 aliphatic heterocycles. The molecule has 0 aromatic rings. The van der Waals surface area contributed by atoms with Crippen LogP contribution in [0.25, 0.3) is 0 Å². The van der Waals surface area contributed by atoms with Gasteiger partial charge < -0.3 is 9.47 Å². The Morgan fingerprint density at radius 2 is 2.09 bits per heavy atom. The van der Waals surface area contributed by atoms with Crippen molar-refractivity contribution in [1.29, 1.82) is 0 Å². The van der Waals surface area contributed by atoms with Crippen molar-refractivity contribution < 1.29 is 14.3 Å². The Bertz CT molecular complexity index is 106. The summed E-state index contributed by atoms with van der Waals surface area (Å²) in [6.07, 6.45) is 2.19. The molecule has 3 nitrogen and oxygen atoms in total. The van der Waals surface area contributed by atoms with Gasteiger partial charge in [-0.1, -0.05) is 0 Å². The summed E-state index contributed by atoms with van der Waals surface area (Å²) in [5.41, 5.74) is 0. The van der Waals surface area contributed by atoms with Gasteiger partial charge >= 0.3 is 6.16 Å². The van der Waals surface area contributed by atoms with Gasteiger partial charge in [0.25, 0.3) is 0 Å². The second-order valence-corrected chi connectivity index (χ2v) is 2.43. The van der Waals surface area contributed by atoms with Crippen LogP contribution in [0.4, 0.5) is 4.79 Å². The van der Waals surface area contributed by atoms with Crippen molar-refractivity contribution in [2.75, 3.05) is 19.6 Å². The minimum Gasteiger partial charge on any atom is -0.438 e. The molecule has 4 heteroatoms. The van der Waals surface area contributed by atoms with Crippen LogP contribution in [0.5, 0.6) is 0 Å². The fraction of sp³-hybridized carbons (Fsp3) is 0.857. The normalized spacial score (nSPS) is 9.27. The van der Waals surface area contributed by atoms with Gasteiger partial charge in [-0.15, -0.1) is 11.6 Å². The highest BCUT2D eigenvalue weighted by Gasteiger charge is 1.97. The zero-order valence-corrected chi connectivity index (χ0v) is 7.39. The van der Waals surface area contributed by atoms with Crippen LogP contribution >= 0.6 is 11.6 Å². The fourth-order valence-corrected chi connectivity index (χ4v) is 0.777. The minimum atomic E-state index is -0.615. The van der Waals surface area contributed by atoms with Gasteiger partial charge in [-0.25, -0.2) is 4.79 Å². The molecule has 0 spiro atoms. The SMILES string of the molecule is COC(=O)OCCCCCCl. The zero-order valence-electron chi connectivity index (χ0n) is 6.64. The van der Waals surface area contributed by atoms with Gasteiger partial charge in [-0.2, -0.15) is 0 Å². The highest BCUT2D eigenvalue weighted by molar-refractivity contribution is 6.17. The van der Waals surface area contributed by atoms with Gasteiger partial charge in [0.1, 0.15) is 0 Å². The van der Waals surface area contributed by atoms with Crippen molar-refractivity contribution in [1.82, 2.24) is 0 Å². The molecular weight excluding hydrogens is 168 g/mol. The van der Waals surface area contributed by atoms with E-state index in [0.717, 1.165) is 19.3 Å². The molecule has 0 aliphatic carbocycles. The number of rotatable bonds is 5. The lowest BCUT2D eigenvalue weighted by molar-refractivity contribution is 0.0714. The quantitative estimate of drug-likeness (QED) is 0.370. The number of carbonyl (C=O) groups excluding carboxylic acids is 1. The molecule has 0 amide bonds.